The van der Waals surface area contributed by atoms with Crippen molar-refractivity contribution in [3.8, 4) is 0 Å². The number of hydrogen-bond acceptors (Lipinski definition) is 2. The number of Topliss-reactive ketones (excluding diaryl/α,β-unsaturated/α-hetero) is 1. The molecule has 68 valence electrons. The summed E-state index contributed by atoms with van der Waals surface area (Å²) in [5.74, 6) is -2.50. The zero-order valence-electron chi connectivity index (χ0n) is 7.00. The van der Waals surface area contributed by atoms with Crippen LogP contribution in [0.3, 0.4) is 0 Å². The number of carbonyl (C=O) groups is 2. The van der Waals surface area contributed by atoms with E-state index in [1.165, 1.54) is 12.1 Å². The van der Waals surface area contributed by atoms with Crippen molar-refractivity contribution in [2.45, 2.75) is 6.92 Å². The van der Waals surface area contributed by atoms with E-state index >= 15 is 0 Å². The van der Waals surface area contributed by atoms with E-state index in [0.29, 0.717) is 5.56 Å². The third-order valence-electron chi connectivity index (χ3n) is 1.67. The zero-order valence-corrected chi connectivity index (χ0v) is 7.00. The second-order valence-corrected chi connectivity index (χ2v) is 2.65. The number of primary amides is 1. The van der Waals surface area contributed by atoms with Crippen molar-refractivity contribution in [1.29, 1.82) is 0 Å². The maximum atomic E-state index is 12.7. The molecule has 0 bridgehead atoms. The molecule has 2 N–H and O–H groups in total. The van der Waals surface area contributed by atoms with Gasteiger partial charge < -0.3 is 5.73 Å². The van der Waals surface area contributed by atoms with Gasteiger partial charge >= 0.3 is 0 Å². The highest BCUT2D eigenvalue weighted by atomic mass is 19.1. The van der Waals surface area contributed by atoms with Gasteiger partial charge in [-0.25, -0.2) is 4.39 Å². The zero-order chi connectivity index (χ0) is 10.0. The predicted molar refractivity (Wildman–Crippen MR) is 44.7 cm³/mol. The van der Waals surface area contributed by atoms with Gasteiger partial charge in [-0.15, -0.1) is 0 Å². The van der Waals surface area contributed by atoms with Crippen LogP contribution in [0.1, 0.15) is 15.9 Å². The van der Waals surface area contributed by atoms with Crippen LogP contribution in [-0.4, -0.2) is 11.7 Å². The molecule has 1 amide bonds. The Labute approximate surface area is 74.4 Å². The van der Waals surface area contributed by atoms with E-state index in [4.69, 9.17) is 5.73 Å². The summed E-state index contributed by atoms with van der Waals surface area (Å²) in [6.45, 7) is 1.61. The second kappa shape index (κ2) is 3.35. The SMILES string of the molecule is Cc1ccc(F)cc1C(=O)C(N)=O. The number of amides is 1. The van der Waals surface area contributed by atoms with E-state index in [0.717, 1.165) is 6.07 Å². The Morgan fingerprint density at radius 1 is 1.38 bits per heavy atom. The first-order valence-corrected chi connectivity index (χ1v) is 3.62. The molecule has 0 fully saturated rings. The third kappa shape index (κ3) is 1.90. The Balaban J connectivity index is 3.21. The summed E-state index contributed by atoms with van der Waals surface area (Å²) in [5.41, 5.74) is 5.33. The number of hydrogen-bond donors (Lipinski definition) is 1. The van der Waals surface area contributed by atoms with Gasteiger partial charge in [-0.05, 0) is 24.6 Å². The van der Waals surface area contributed by atoms with Crippen LogP contribution in [0.25, 0.3) is 0 Å². The lowest BCUT2D eigenvalue weighted by Crippen LogP contribution is -2.23. The van der Waals surface area contributed by atoms with E-state index in [-0.39, 0.29) is 5.56 Å². The minimum atomic E-state index is -1.08. The lowest BCUT2D eigenvalue weighted by Gasteiger charge is -2.01. The monoisotopic (exact) mass is 181 g/mol. The molecule has 3 nitrogen and oxygen atoms in total. The summed E-state index contributed by atoms with van der Waals surface area (Å²) >= 11 is 0. The summed E-state index contributed by atoms with van der Waals surface area (Å²) in [7, 11) is 0. The summed E-state index contributed by atoms with van der Waals surface area (Å²) in [4.78, 5) is 21.6. The van der Waals surface area contributed by atoms with Gasteiger partial charge in [0.25, 0.3) is 5.91 Å². The molecule has 1 rings (SSSR count). The van der Waals surface area contributed by atoms with E-state index in [1.807, 2.05) is 0 Å². The third-order valence-corrected chi connectivity index (χ3v) is 1.67. The van der Waals surface area contributed by atoms with Gasteiger partial charge in [0, 0.05) is 5.56 Å². The van der Waals surface area contributed by atoms with Crippen LogP contribution in [0.15, 0.2) is 18.2 Å². The summed E-state index contributed by atoms with van der Waals surface area (Å²) < 4.78 is 12.7. The topological polar surface area (TPSA) is 60.2 Å². The maximum Gasteiger partial charge on any atom is 0.289 e. The average Bonchev–Trinajstić information content (AvgIpc) is 2.08. The Kier molecular flexibility index (Phi) is 2.41. The van der Waals surface area contributed by atoms with Gasteiger partial charge in [-0.3, -0.25) is 9.59 Å². The van der Waals surface area contributed by atoms with Crippen molar-refractivity contribution >= 4 is 11.7 Å². The molecule has 0 aliphatic heterocycles. The van der Waals surface area contributed by atoms with Crippen molar-refractivity contribution in [2.24, 2.45) is 5.73 Å². The van der Waals surface area contributed by atoms with Crippen LogP contribution >= 0.6 is 0 Å². The number of benzene rings is 1. The molecule has 1 aromatic carbocycles. The molecule has 0 aliphatic rings. The fraction of sp³-hybridized carbons (Fsp3) is 0.111. The van der Waals surface area contributed by atoms with Gasteiger partial charge in [0.1, 0.15) is 5.82 Å². The minimum Gasteiger partial charge on any atom is -0.363 e. The number of ketones is 1. The lowest BCUT2D eigenvalue weighted by molar-refractivity contribution is -0.114. The molecule has 0 aromatic heterocycles. The van der Waals surface area contributed by atoms with Crippen molar-refractivity contribution in [3.05, 3.63) is 35.1 Å². The van der Waals surface area contributed by atoms with Gasteiger partial charge in [0.05, 0.1) is 0 Å². The van der Waals surface area contributed by atoms with Crippen LogP contribution in [0, 0.1) is 12.7 Å². The maximum absolute atomic E-state index is 12.7. The van der Waals surface area contributed by atoms with Gasteiger partial charge in [-0.2, -0.15) is 0 Å². The molecule has 0 saturated heterocycles. The fourth-order valence-corrected chi connectivity index (χ4v) is 0.972. The van der Waals surface area contributed by atoms with Crippen LogP contribution in [0.5, 0.6) is 0 Å². The van der Waals surface area contributed by atoms with Crippen LogP contribution in [0.2, 0.25) is 0 Å². The van der Waals surface area contributed by atoms with E-state index in [9.17, 15) is 14.0 Å². The molecule has 0 heterocycles. The van der Waals surface area contributed by atoms with E-state index in [1.54, 1.807) is 6.92 Å². The van der Waals surface area contributed by atoms with E-state index < -0.39 is 17.5 Å². The largest absolute Gasteiger partial charge is 0.363 e. The lowest BCUT2D eigenvalue weighted by atomic mass is 10.0. The Morgan fingerprint density at radius 3 is 2.54 bits per heavy atom. The minimum absolute atomic E-state index is 0.0208. The number of nitrogens with two attached hydrogens (primary N) is 1. The summed E-state index contributed by atoms with van der Waals surface area (Å²) in [6.07, 6.45) is 0. The van der Waals surface area contributed by atoms with Gasteiger partial charge in [-0.1, -0.05) is 6.07 Å². The number of aryl methyl sites for hydroxylation is 1. The van der Waals surface area contributed by atoms with Crippen LogP contribution in [0.4, 0.5) is 4.39 Å². The van der Waals surface area contributed by atoms with Crippen LogP contribution in [-0.2, 0) is 4.79 Å². The predicted octanol–water partition coefficient (Wildman–Crippen LogP) is 0.802. The molecular weight excluding hydrogens is 173 g/mol. The Morgan fingerprint density at radius 2 is 2.00 bits per heavy atom. The first kappa shape index (κ1) is 9.38. The fourth-order valence-electron chi connectivity index (χ4n) is 0.972. The van der Waals surface area contributed by atoms with Crippen LogP contribution < -0.4 is 5.73 Å². The van der Waals surface area contributed by atoms with Crippen molar-refractivity contribution in [2.75, 3.05) is 0 Å². The molecule has 0 spiro atoms. The molecule has 13 heavy (non-hydrogen) atoms. The molecule has 0 aliphatic carbocycles. The van der Waals surface area contributed by atoms with E-state index in [2.05, 4.69) is 0 Å². The first-order chi connectivity index (χ1) is 6.02. The number of halogens is 1. The summed E-state index contributed by atoms with van der Waals surface area (Å²) in [6, 6.07) is 3.64. The number of rotatable bonds is 2. The highest BCUT2D eigenvalue weighted by Gasteiger charge is 2.15. The second-order valence-electron chi connectivity index (χ2n) is 2.65. The molecule has 0 radical (unpaired) electrons. The average molecular weight is 181 g/mol. The molecule has 0 atom stereocenters. The van der Waals surface area contributed by atoms with Crippen molar-refractivity contribution < 1.29 is 14.0 Å². The van der Waals surface area contributed by atoms with Gasteiger partial charge in [0.15, 0.2) is 0 Å². The molecular formula is C9H8FNO2. The first-order valence-electron chi connectivity index (χ1n) is 3.62. The Hall–Kier alpha value is -1.71. The molecule has 4 heteroatoms. The normalized spacial score (nSPS) is 9.69. The highest BCUT2D eigenvalue weighted by molar-refractivity contribution is 6.42. The molecule has 0 saturated carbocycles. The molecule has 0 unspecified atom stereocenters. The van der Waals surface area contributed by atoms with Crippen molar-refractivity contribution in [1.82, 2.24) is 0 Å². The van der Waals surface area contributed by atoms with Crippen molar-refractivity contribution in [3.63, 3.8) is 0 Å². The Bertz CT molecular complexity index is 374. The highest BCUT2D eigenvalue weighted by Crippen LogP contribution is 2.10. The standard InChI is InChI=1S/C9H8FNO2/c1-5-2-3-6(10)4-7(5)8(12)9(11)13/h2-4H,1H3,(H2,11,13). The molecule has 1 aromatic rings. The van der Waals surface area contributed by atoms with Gasteiger partial charge in [0.2, 0.25) is 5.78 Å². The quantitative estimate of drug-likeness (QED) is 0.542. The summed E-state index contributed by atoms with van der Waals surface area (Å²) in [5, 5.41) is 0. The smallest absolute Gasteiger partial charge is 0.289 e. The number of carbonyl (C=O) groups excluding carboxylic acids is 2.